The van der Waals surface area contributed by atoms with E-state index in [0.717, 1.165) is 24.6 Å². The summed E-state index contributed by atoms with van der Waals surface area (Å²) in [5.74, 6) is 0.277. The van der Waals surface area contributed by atoms with Crippen molar-refractivity contribution in [2.75, 3.05) is 6.54 Å². The molecule has 1 aliphatic rings. The molecule has 164 valence electrons. The summed E-state index contributed by atoms with van der Waals surface area (Å²) >= 11 is 0. The highest BCUT2D eigenvalue weighted by Gasteiger charge is 2.36. The standard InChI is InChI=1S/C22H28F3N3O2/c1-14(2)28-13-18(22(23,24)25)26-19(28)16-10-8-15(9-11-16)17-7-6-12-27(17)20(29)30-21(3,4)5/h8-11,13-14,17H,6-7,12H2,1-5H3. The summed E-state index contributed by atoms with van der Waals surface area (Å²) in [6.07, 6.45) is -2.10. The van der Waals surface area contributed by atoms with E-state index in [1.54, 1.807) is 17.0 Å². The number of halogens is 3. The smallest absolute Gasteiger partial charge is 0.434 e. The first-order valence-corrected chi connectivity index (χ1v) is 10.1. The lowest BCUT2D eigenvalue weighted by atomic mass is 10.0. The zero-order chi connectivity index (χ0) is 22.3. The Hall–Kier alpha value is -2.51. The molecular formula is C22H28F3N3O2. The number of rotatable bonds is 3. The predicted octanol–water partition coefficient (Wildman–Crippen LogP) is 6.22. The summed E-state index contributed by atoms with van der Waals surface area (Å²) in [5.41, 5.74) is 0.0609. The van der Waals surface area contributed by atoms with Crippen LogP contribution in [0.5, 0.6) is 0 Å². The minimum absolute atomic E-state index is 0.107. The number of imidazole rings is 1. The fraction of sp³-hybridized carbons (Fsp3) is 0.545. The fourth-order valence-corrected chi connectivity index (χ4v) is 3.64. The molecular weight excluding hydrogens is 395 g/mol. The van der Waals surface area contributed by atoms with E-state index in [0.29, 0.717) is 12.1 Å². The highest BCUT2D eigenvalue weighted by atomic mass is 19.4. The van der Waals surface area contributed by atoms with Gasteiger partial charge in [0.15, 0.2) is 5.69 Å². The number of benzene rings is 1. The zero-order valence-corrected chi connectivity index (χ0v) is 18.0. The summed E-state index contributed by atoms with van der Waals surface area (Å²) in [6, 6.07) is 6.97. The molecule has 1 aromatic heterocycles. The lowest BCUT2D eigenvalue weighted by Gasteiger charge is -2.29. The Morgan fingerprint density at radius 3 is 2.33 bits per heavy atom. The number of nitrogens with zero attached hydrogens (tertiary/aromatic N) is 3. The van der Waals surface area contributed by atoms with Crippen molar-refractivity contribution >= 4 is 6.09 Å². The van der Waals surface area contributed by atoms with Gasteiger partial charge in [-0.3, -0.25) is 0 Å². The van der Waals surface area contributed by atoms with Gasteiger partial charge >= 0.3 is 12.3 Å². The second kappa shape index (κ2) is 7.96. The largest absolute Gasteiger partial charge is 0.444 e. The van der Waals surface area contributed by atoms with E-state index < -0.39 is 17.5 Å². The van der Waals surface area contributed by atoms with Gasteiger partial charge in [0, 0.05) is 24.3 Å². The molecule has 1 aliphatic heterocycles. The van der Waals surface area contributed by atoms with Crippen molar-refractivity contribution in [2.24, 2.45) is 0 Å². The SMILES string of the molecule is CC(C)n1cc(C(F)(F)F)nc1-c1ccc(C2CCCN2C(=O)OC(C)(C)C)cc1. The predicted molar refractivity (Wildman–Crippen MR) is 108 cm³/mol. The van der Waals surface area contributed by atoms with Crippen molar-refractivity contribution in [3.8, 4) is 11.4 Å². The molecule has 1 saturated heterocycles. The number of carbonyl (C=O) groups excluding carboxylic acids is 1. The molecule has 1 amide bonds. The number of carbonyl (C=O) groups is 1. The third-order valence-corrected chi connectivity index (χ3v) is 5.01. The highest BCUT2D eigenvalue weighted by Crippen LogP contribution is 2.36. The van der Waals surface area contributed by atoms with E-state index in [4.69, 9.17) is 4.74 Å². The van der Waals surface area contributed by atoms with Crippen LogP contribution < -0.4 is 0 Å². The van der Waals surface area contributed by atoms with Crippen LogP contribution in [0.3, 0.4) is 0 Å². The second-order valence-electron chi connectivity index (χ2n) is 8.90. The molecule has 1 atom stereocenters. The topological polar surface area (TPSA) is 47.4 Å². The highest BCUT2D eigenvalue weighted by molar-refractivity contribution is 5.69. The van der Waals surface area contributed by atoms with Gasteiger partial charge < -0.3 is 14.2 Å². The molecule has 1 aromatic carbocycles. The van der Waals surface area contributed by atoms with Crippen molar-refractivity contribution in [3.63, 3.8) is 0 Å². The van der Waals surface area contributed by atoms with Crippen molar-refractivity contribution in [1.82, 2.24) is 14.5 Å². The van der Waals surface area contributed by atoms with Crippen LogP contribution in [-0.4, -0.2) is 32.7 Å². The number of hydrogen-bond acceptors (Lipinski definition) is 3. The van der Waals surface area contributed by atoms with Gasteiger partial charge in [-0.15, -0.1) is 0 Å². The van der Waals surface area contributed by atoms with Crippen LogP contribution in [0.1, 0.15) is 70.8 Å². The molecule has 30 heavy (non-hydrogen) atoms. The Bertz CT molecular complexity index is 896. The molecule has 0 spiro atoms. The van der Waals surface area contributed by atoms with Crippen molar-refractivity contribution in [3.05, 3.63) is 41.7 Å². The third kappa shape index (κ3) is 4.79. The minimum atomic E-state index is -4.49. The number of alkyl halides is 3. The van der Waals surface area contributed by atoms with Gasteiger partial charge in [-0.1, -0.05) is 24.3 Å². The minimum Gasteiger partial charge on any atom is -0.444 e. The second-order valence-corrected chi connectivity index (χ2v) is 8.90. The van der Waals surface area contributed by atoms with Crippen LogP contribution in [0.2, 0.25) is 0 Å². The van der Waals surface area contributed by atoms with E-state index in [1.807, 2.05) is 46.8 Å². The van der Waals surface area contributed by atoms with E-state index in [2.05, 4.69) is 4.98 Å². The Labute approximate surface area is 174 Å². The van der Waals surface area contributed by atoms with Gasteiger partial charge in [0.25, 0.3) is 0 Å². The number of aromatic nitrogens is 2. The first-order valence-electron chi connectivity index (χ1n) is 10.1. The van der Waals surface area contributed by atoms with Crippen molar-refractivity contribution in [2.45, 2.75) is 71.3 Å². The molecule has 3 rings (SSSR count). The van der Waals surface area contributed by atoms with Gasteiger partial charge in [0.2, 0.25) is 0 Å². The quantitative estimate of drug-likeness (QED) is 0.589. The lowest BCUT2D eigenvalue weighted by Crippen LogP contribution is -2.36. The normalized spacial score (nSPS) is 17.6. The monoisotopic (exact) mass is 423 g/mol. The van der Waals surface area contributed by atoms with E-state index in [1.165, 1.54) is 4.57 Å². The molecule has 0 bridgehead atoms. The first kappa shape index (κ1) is 22.2. The fourth-order valence-electron chi connectivity index (χ4n) is 3.64. The maximum atomic E-state index is 13.1. The number of amides is 1. The number of hydrogen-bond donors (Lipinski definition) is 0. The molecule has 1 unspecified atom stereocenters. The molecule has 0 radical (unpaired) electrons. The summed E-state index contributed by atoms with van der Waals surface area (Å²) in [7, 11) is 0. The molecule has 0 N–H and O–H groups in total. The van der Waals surface area contributed by atoms with Crippen LogP contribution in [0.4, 0.5) is 18.0 Å². The molecule has 2 heterocycles. The van der Waals surface area contributed by atoms with E-state index in [-0.39, 0.29) is 24.0 Å². The zero-order valence-electron chi connectivity index (χ0n) is 18.0. The van der Waals surface area contributed by atoms with E-state index in [9.17, 15) is 18.0 Å². The Morgan fingerprint density at radius 1 is 1.17 bits per heavy atom. The van der Waals surface area contributed by atoms with E-state index >= 15 is 0 Å². The Morgan fingerprint density at radius 2 is 1.80 bits per heavy atom. The number of likely N-dealkylation sites (tertiary alicyclic amines) is 1. The lowest BCUT2D eigenvalue weighted by molar-refractivity contribution is -0.140. The maximum Gasteiger partial charge on any atom is 0.434 e. The van der Waals surface area contributed by atoms with Crippen LogP contribution in [-0.2, 0) is 10.9 Å². The summed E-state index contributed by atoms with van der Waals surface area (Å²) in [4.78, 5) is 18.1. The van der Waals surface area contributed by atoms with Crippen LogP contribution in [0, 0.1) is 0 Å². The van der Waals surface area contributed by atoms with Crippen LogP contribution >= 0.6 is 0 Å². The Balaban J connectivity index is 1.87. The van der Waals surface area contributed by atoms with Gasteiger partial charge in [-0.05, 0) is 53.0 Å². The van der Waals surface area contributed by atoms with Gasteiger partial charge in [0.1, 0.15) is 11.4 Å². The maximum absolute atomic E-state index is 13.1. The van der Waals surface area contributed by atoms with Crippen molar-refractivity contribution in [1.29, 1.82) is 0 Å². The summed E-state index contributed by atoms with van der Waals surface area (Å²) < 4.78 is 46.5. The summed E-state index contributed by atoms with van der Waals surface area (Å²) in [5, 5.41) is 0. The molecule has 1 fully saturated rings. The molecule has 8 heteroatoms. The van der Waals surface area contributed by atoms with Gasteiger partial charge in [-0.25, -0.2) is 9.78 Å². The average Bonchev–Trinajstić information content (AvgIpc) is 3.27. The number of ether oxygens (including phenoxy) is 1. The summed E-state index contributed by atoms with van der Waals surface area (Å²) in [6.45, 7) is 9.74. The molecule has 2 aromatic rings. The first-order chi connectivity index (χ1) is 13.9. The molecule has 0 saturated carbocycles. The molecule has 0 aliphatic carbocycles. The third-order valence-electron chi connectivity index (χ3n) is 5.01. The Kier molecular flexibility index (Phi) is 5.89. The van der Waals surface area contributed by atoms with Crippen molar-refractivity contribution < 1.29 is 22.7 Å². The van der Waals surface area contributed by atoms with Gasteiger partial charge in [-0.2, -0.15) is 13.2 Å². The molecule has 5 nitrogen and oxygen atoms in total. The van der Waals surface area contributed by atoms with Gasteiger partial charge in [0.05, 0.1) is 6.04 Å². The van der Waals surface area contributed by atoms with Crippen LogP contribution in [0.15, 0.2) is 30.5 Å². The average molecular weight is 423 g/mol. The van der Waals surface area contributed by atoms with Crippen LogP contribution in [0.25, 0.3) is 11.4 Å².